The maximum absolute atomic E-state index is 11.8. The van der Waals surface area contributed by atoms with Crippen molar-refractivity contribution in [2.45, 2.75) is 13.0 Å². The van der Waals surface area contributed by atoms with Crippen molar-refractivity contribution < 1.29 is 9.53 Å². The van der Waals surface area contributed by atoms with Crippen LogP contribution in [0.25, 0.3) is 0 Å². The third kappa shape index (κ3) is 4.82. The molecule has 1 aliphatic heterocycles. The number of nitrogens with zero attached hydrogens (tertiary/aromatic N) is 1. The lowest BCUT2D eigenvalue weighted by molar-refractivity contribution is -0.121. The number of nitrogens with one attached hydrogen (secondary N) is 1. The number of carbonyl (C=O) groups excluding carboxylic acids is 1. The Morgan fingerprint density at radius 3 is 2.79 bits per heavy atom. The number of hydrogen-bond acceptors (Lipinski definition) is 3. The van der Waals surface area contributed by atoms with Crippen LogP contribution in [0, 0.1) is 0 Å². The van der Waals surface area contributed by atoms with Crippen LogP contribution < -0.4 is 5.32 Å². The first-order valence-electron chi connectivity index (χ1n) is 6.56. The zero-order chi connectivity index (χ0) is 13.5. The normalized spacial score (nSPS) is 16.3. The van der Waals surface area contributed by atoms with Crippen molar-refractivity contribution in [3.8, 4) is 0 Å². The second-order valence-corrected chi connectivity index (χ2v) is 4.98. The number of hydrogen-bond donors (Lipinski definition) is 1. The van der Waals surface area contributed by atoms with E-state index in [2.05, 4.69) is 10.2 Å². The average molecular weight is 283 g/mol. The molecule has 5 heteroatoms. The van der Waals surface area contributed by atoms with Crippen molar-refractivity contribution in [2.24, 2.45) is 0 Å². The molecule has 0 saturated carbocycles. The first-order chi connectivity index (χ1) is 9.25. The molecule has 1 amide bonds. The molecule has 0 radical (unpaired) electrons. The second-order valence-electron chi connectivity index (χ2n) is 4.57. The van der Waals surface area contributed by atoms with E-state index in [0.29, 0.717) is 18.0 Å². The molecular weight excluding hydrogens is 264 g/mol. The Morgan fingerprint density at radius 2 is 2.05 bits per heavy atom. The summed E-state index contributed by atoms with van der Waals surface area (Å²) in [4.78, 5) is 14.0. The highest BCUT2D eigenvalue weighted by molar-refractivity contribution is 6.31. The number of benzene rings is 1. The van der Waals surface area contributed by atoms with Gasteiger partial charge in [-0.15, -0.1) is 0 Å². The number of amides is 1. The van der Waals surface area contributed by atoms with E-state index in [-0.39, 0.29) is 5.91 Å². The van der Waals surface area contributed by atoms with Crippen LogP contribution >= 0.6 is 11.6 Å². The van der Waals surface area contributed by atoms with Gasteiger partial charge in [-0.05, 0) is 11.6 Å². The van der Waals surface area contributed by atoms with Crippen molar-refractivity contribution in [3.05, 3.63) is 34.9 Å². The van der Waals surface area contributed by atoms with E-state index < -0.39 is 0 Å². The van der Waals surface area contributed by atoms with Crippen molar-refractivity contribution in [1.82, 2.24) is 10.2 Å². The van der Waals surface area contributed by atoms with Gasteiger partial charge in [0.1, 0.15) is 0 Å². The third-order valence-corrected chi connectivity index (χ3v) is 3.56. The van der Waals surface area contributed by atoms with Crippen molar-refractivity contribution in [3.63, 3.8) is 0 Å². The molecule has 4 nitrogen and oxygen atoms in total. The predicted molar refractivity (Wildman–Crippen MR) is 75.2 cm³/mol. The summed E-state index contributed by atoms with van der Waals surface area (Å²) >= 11 is 6.03. The van der Waals surface area contributed by atoms with Gasteiger partial charge in [-0.1, -0.05) is 29.8 Å². The van der Waals surface area contributed by atoms with Crippen LogP contribution in [0.4, 0.5) is 0 Å². The fourth-order valence-electron chi connectivity index (χ4n) is 2.01. The first-order valence-corrected chi connectivity index (χ1v) is 6.94. The molecule has 1 aromatic rings. The lowest BCUT2D eigenvalue weighted by Gasteiger charge is -2.26. The summed E-state index contributed by atoms with van der Waals surface area (Å²) in [5, 5.41) is 3.59. The molecule has 1 heterocycles. The van der Waals surface area contributed by atoms with Gasteiger partial charge in [-0.25, -0.2) is 0 Å². The first kappa shape index (κ1) is 14.3. The minimum Gasteiger partial charge on any atom is -0.379 e. The topological polar surface area (TPSA) is 41.6 Å². The molecule has 1 fully saturated rings. The average Bonchev–Trinajstić information content (AvgIpc) is 2.45. The Bertz CT molecular complexity index is 420. The van der Waals surface area contributed by atoms with Crippen LogP contribution in [0.2, 0.25) is 5.02 Å². The smallest absolute Gasteiger partial charge is 0.221 e. The van der Waals surface area contributed by atoms with E-state index in [4.69, 9.17) is 16.3 Å². The third-order valence-electron chi connectivity index (χ3n) is 3.19. The van der Waals surface area contributed by atoms with Crippen LogP contribution in [0.15, 0.2) is 24.3 Å². The summed E-state index contributed by atoms with van der Waals surface area (Å²) in [5.41, 5.74) is 0.948. The van der Waals surface area contributed by atoms with Crippen LogP contribution in [-0.2, 0) is 16.1 Å². The summed E-state index contributed by atoms with van der Waals surface area (Å²) in [7, 11) is 0. The van der Waals surface area contributed by atoms with E-state index in [0.717, 1.165) is 38.4 Å². The molecule has 0 unspecified atom stereocenters. The van der Waals surface area contributed by atoms with E-state index in [9.17, 15) is 4.79 Å². The molecule has 1 saturated heterocycles. The summed E-state index contributed by atoms with van der Waals surface area (Å²) in [6, 6.07) is 7.55. The zero-order valence-electron chi connectivity index (χ0n) is 10.9. The SMILES string of the molecule is O=C(CCN1CCOCC1)NCc1ccccc1Cl. The van der Waals surface area contributed by atoms with Gasteiger partial charge in [0.05, 0.1) is 13.2 Å². The minimum atomic E-state index is 0.0615. The fraction of sp³-hybridized carbons (Fsp3) is 0.500. The van der Waals surface area contributed by atoms with Gasteiger partial charge >= 0.3 is 0 Å². The molecule has 0 atom stereocenters. The van der Waals surface area contributed by atoms with Gasteiger partial charge in [0.2, 0.25) is 5.91 Å². The number of halogens is 1. The lowest BCUT2D eigenvalue weighted by atomic mass is 10.2. The molecule has 1 N–H and O–H groups in total. The van der Waals surface area contributed by atoms with Gasteiger partial charge in [-0.2, -0.15) is 0 Å². The maximum Gasteiger partial charge on any atom is 0.221 e. The molecule has 0 aliphatic carbocycles. The fourth-order valence-corrected chi connectivity index (χ4v) is 2.21. The minimum absolute atomic E-state index is 0.0615. The number of rotatable bonds is 5. The zero-order valence-corrected chi connectivity index (χ0v) is 11.7. The second kappa shape index (κ2) is 7.48. The van der Waals surface area contributed by atoms with Gasteiger partial charge in [0, 0.05) is 37.6 Å². The Labute approximate surface area is 118 Å². The lowest BCUT2D eigenvalue weighted by Crippen LogP contribution is -2.38. The molecule has 0 spiro atoms. The molecule has 1 aliphatic rings. The standard InChI is InChI=1S/C14H19ClN2O2/c15-13-4-2-1-3-12(13)11-16-14(18)5-6-17-7-9-19-10-8-17/h1-4H,5-11H2,(H,16,18). The summed E-state index contributed by atoms with van der Waals surface area (Å²) in [6.07, 6.45) is 0.518. The van der Waals surface area contributed by atoms with Crippen molar-refractivity contribution >= 4 is 17.5 Å². The monoisotopic (exact) mass is 282 g/mol. The van der Waals surface area contributed by atoms with Gasteiger partial charge in [0.15, 0.2) is 0 Å². The molecule has 0 bridgehead atoms. The summed E-state index contributed by atoms with van der Waals surface area (Å²) in [6.45, 7) is 4.64. The maximum atomic E-state index is 11.8. The molecule has 104 valence electrons. The molecular formula is C14H19ClN2O2. The van der Waals surface area contributed by atoms with Crippen LogP contribution in [0.5, 0.6) is 0 Å². The molecule has 1 aromatic carbocycles. The summed E-state index contributed by atoms with van der Waals surface area (Å²) in [5.74, 6) is 0.0615. The summed E-state index contributed by atoms with van der Waals surface area (Å²) < 4.78 is 5.27. The quantitative estimate of drug-likeness (QED) is 0.893. The molecule has 19 heavy (non-hydrogen) atoms. The Kier molecular flexibility index (Phi) is 5.63. The molecule has 2 rings (SSSR count). The number of carbonyl (C=O) groups is 1. The van der Waals surface area contributed by atoms with Crippen molar-refractivity contribution in [1.29, 1.82) is 0 Å². The highest BCUT2D eigenvalue weighted by Gasteiger charge is 2.11. The Morgan fingerprint density at radius 1 is 1.32 bits per heavy atom. The van der Waals surface area contributed by atoms with Crippen LogP contribution in [0.1, 0.15) is 12.0 Å². The highest BCUT2D eigenvalue weighted by atomic mass is 35.5. The van der Waals surface area contributed by atoms with E-state index in [1.165, 1.54) is 0 Å². The number of morpholine rings is 1. The molecule has 0 aromatic heterocycles. The van der Waals surface area contributed by atoms with Crippen LogP contribution in [-0.4, -0.2) is 43.7 Å². The van der Waals surface area contributed by atoms with Gasteiger partial charge in [0.25, 0.3) is 0 Å². The van der Waals surface area contributed by atoms with Gasteiger partial charge < -0.3 is 10.1 Å². The van der Waals surface area contributed by atoms with Crippen LogP contribution in [0.3, 0.4) is 0 Å². The van der Waals surface area contributed by atoms with Gasteiger partial charge in [-0.3, -0.25) is 9.69 Å². The van der Waals surface area contributed by atoms with E-state index in [1.54, 1.807) is 0 Å². The van der Waals surface area contributed by atoms with E-state index in [1.807, 2.05) is 24.3 Å². The highest BCUT2D eigenvalue weighted by Crippen LogP contribution is 2.14. The Hall–Kier alpha value is -1.10. The number of ether oxygens (including phenoxy) is 1. The predicted octanol–water partition coefficient (Wildman–Crippen LogP) is 1.68. The largest absolute Gasteiger partial charge is 0.379 e. The Balaban J connectivity index is 1.68. The van der Waals surface area contributed by atoms with E-state index >= 15 is 0 Å². The van der Waals surface area contributed by atoms with Crippen molar-refractivity contribution in [2.75, 3.05) is 32.8 Å².